The summed E-state index contributed by atoms with van der Waals surface area (Å²) in [6.07, 6.45) is 6.70. The molecule has 1 aliphatic carbocycles. The van der Waals surface area contributed by atoms with Crippen molar-refractivity contribution in [2.75, 3.05) is 11.9 Å². The maximum absolute atomic E-state index is 12.6. The van der Waals surface area contributed by atoms with E-state index in [-0.39, 0.29) is 12.3 Å². The van der Waals surface area contributed by atoms with Gasteiger partial charge in [0.05, 0.1) is 12.6 Å². The number of hydrogen-bond acceptors (Lipinski definition) is 4. The normalized spacial score (nSPS) is 14.3. The first-order chi connectivity index (χ1) is 12.6. The summed E-state index contributed by atoms with van der Waals surface area (Å²) < 4.78 is 7.32. The smallest absolute Gasteiger partial charge is 0.303 e. The van der Waals surface area contributed by atoms with Crippen molar-refractivity contribution in [1.82, 2.24) is 9.78 Å². The molecule has 0 atom stereocenters. The van der Waals surface area contributed by atoms with E-state index >= 15 is 0 Å². The average Bonchev–Trinajstić information content (AvgIpc) is 3.30. The highest BCUT2D eigenvalue weighted by Crippen LogP contribution is 2.30. The van der Waals surface area contributed by atoms with E-state index < -0.39 is 5.97 Å². The van der Waals surface area contributed by atoms with Crippen LogP contribution in [0.4, 0.5) is 5.69 Å². The Kier molecular flexibility index (Phi) is 5.88. The van der Waals surface area contributed by atoms with Crippen molar-refractivity contribution in [1.29, 1.82) is 0 Å². The molecule has 1 saturated carbocycles. The largest absolute Gasteiger partial charge is 0.494 e. The number of hydrogen-bond donors (Lipinski definition) is 2. The van der Waals surface area contributed by atoms with Gasteiger partial charge in [-0.25, -0.2) is 0 Å². The molecule has 26 heavy (non-hydrogen) atoms. The van der Waals surface area contributed by atoms with Gasteiger partial charge in [-0.3, -0.25) is 14.3 Å². The Morgan fingerprint density at radius 2 is 1.92 bits per heavy atom. The van der Waals surface area contributed by atoms with Crippen LogP contribution in [-0.2, 0) is 4.79 Å². The molecule has 2 aromatic rings. The zero-order chi connectivity index (χ0) is 18.4. The van der Waals surface area contributed by atoms with Gasteiger partial charge in [0.15, 0.2) is 0 Å². The molecular formula is C19H23N3O4. The zero-order valence-electron chi connectivity index (χ0n) is 14.6. The quantitative estimate of drug-likeness (QED) is 0.705. The summed E-state index contributed by atoms with van der Waals surface area (Å²) in [5.74, 6) is -0.364. The summed E-state index contributed by atoms with van der Waals surface area (Å²) in [6, 6.07) is 9.09. The first kappa shape index (κ1) is 18.0. The van der Waals surface area contributed by atoms with Crippen LogP contribution in [0.1, 0.15) is 55.1 Å². The fraction of sp³-hybridized carbons (Fsp3) is 0.421. The number of carboxylic acids is 1. The number of amides is 1. The van der Waals surface area contributed by atoms with Gasteiger partial charge in [-0.15, -0.1) is 0 Å². The third kappa shape index (κ3) is 4.62. The van der Waals surface area contributed by atoms with Gasteiger partial charge in [0, 0.05) is 18.3 Å². The fourth-order valence-corrected chi connectivity index (χ4v) is 3.18. The minimum atomic E-state index is -0.830. The third-order valence-electron chi connectivity index (χ3n) is 4.49. The molecule has 3 rings (SSSR count). The minimum Gasteiger partial charge on any atom is -0.494 e. The molecule has 0 aliphatic heterocycles. The van der Waals surface area contributed by atoms with Crippen molar-refractivity contribution in [2.45, 2.75) is 44.6 Å². The Morgan fingerprint density at radius 1 is 1.19 bits per heavy atom. The number of aliphatic carboxylic acids is 1. The van der Waals surface area contributed by atoms with Crippen molar-refractivity contribution in [3.05, 3.63) is 42.2 Å². The molecule has 0 bridgehead atoms. The number of carbonyl (C=O) groups is 2. The van der Waals surface area contributed by atoms with Crippen LogP contribution in [0.2, 0.25) is 0 Å². The van der Waals surface area contributed by atoms with Crippen LogP contribution in [0.25, 0.3) is 0 Å². The van der Waals surface area contributed by atoms with Crippen LogP contribution in [0.15, 0.2) is 36.5 Å². The number of nitrogens with one attached hydrogen (secondary N) is 1. The summed E-state index contributed by atoms with van der Waals surface area (Å²) in [7, 11) is 0. The number of carbonyl (C=O) groups excluding carboxylic acids is 1. The molecule has 1 heterocycles. The monoisotopic (exact) mass is 357 g/mol. The predicted octanol–water partition coefficient (Wildman–Crippen LogP) is 3.49. The van der Waals surface area contributed by atoms with Crippen molar-refractivity contribution < 1.29 is 19.4 Å². The number of rotatable bonds is 8. The molecule has 7 nitrogen and oxygen atoms in total. The molecule has 7 heteroatoms. The Bertz CT molecular complexity index is 748. The van der Waals surface area contributed by atoms with Gasteiger partial charge in [-0.2, -0.15) is 5.10 Å². The van der Waals surface area contributed by atoms with E-state index in [9.17, 15) is 9.59 Å². The van der Waals surface area contributed by atoms with Gasteiger partial charge < -0.3 is 15.2 Å². The number of anilines is 1. The van der Waals surface area contributed by atoms with Gasteiger partial charge in [-0.1, -0.05) is 12.8 Å². The van der Waals surface area contributed by atoms with Crippen molar-refractivity contribution in [3.63, 3.8) is 0 Å². The highest BCUT2D eigenvalue weighted by molar-refractivity contribution is 6.03. The lowest BCUT2D eigenvalue weighted by molar-refractivity contribution is -0.137. The van der Waals surface area contributed by atoms with Gasteiger partial charge in [0.2, 0.25) is 0 Å². The predicted molar refractivity (Wildman–Crippen MR) is 96.5 cm³/mol. The Morgan fingerprint density at radius 3 is 2.62 bits per heavy atom. The molecule has 1 aromatic carbocycles. The molecule has 1 amide bonds. The average molecular weight is 357 g/mol. The third-order valence-corrected chi connectivity index (χ3v) is 4.49. The second-order valence-corrected chi connectivity index (χ2v) is 6.42. The lowest BCUT2D eigenvalue weighted by Gasteiger charge is -2.14. The van der Waals surface area contributed by atoms with Crippen LogP contribution >= 0.6 is 0 Å². The molecule has 0 radical (unpaired) electrons. The van der Waals surface area contributed by atoms with Crippen molar-refractivity contribution >= 4 is 17.6 Å². The van der Waals surface area contributed by atoms with E-state index in [2.05, 4.69) is 10.4 Å². The molecule has 1 fully saturated rings. The van der Waals surface area contributed by atoms with E-state index in [4.69, 9.17) is 9.84 Å². The molecule has 1 aliphatic rings. The molecule has 2 N–H and O–H groups in total. The van der Waals surface area contributed by atoms with E-state index in [1.54, 1.807) is 36.5 Å². The Balaban J connectivity index is 1.55. The number of ether oxygens (including phenoxy) is 1. The minimum absolute atomic E-state index is 0.0861. The number of benzene rings is 1. The number of aromatic nitrogens is 2. The number of carboxylic acid groups (broad SMARTS) is 1. The van der Waals surface area contributed by atoms with Crippen LogP contribution in [0.5, 0.6) is 5.75 Å². The first-order valence-corrected chi connectivity index (χ1v) is 8.93. The van der Waals surface area contributed by atoms with Gasteiger partial charge in [-0.05, 0) is 49.6 Å². The van der Waals surface area contributed by atoms with Gasteiger partial charge >= 0.3 is 5.97 Å². The van der Waals surface area contributed by atoms with Crippen molar-refractivity contribution in [2.24, 2.45) is 0 Å². The van der Waals surface area contributed by atoms with Crippen LogP contribution < -0.4 is 10.1 Å². The lowest BCUT2D eigenvalue weighted by Crippen LogP contribution is -2.20. The molecule has 0 saturated heterocycles. The highest BCUT2D eigenvalue weighted by atomic mass is 16.5. The fourth-order valence-electron chi connectivity index (χ4n) is 3.18. The van der Waals surface area contributed by atoms with Gasteiger partial charge in [0.25, 0.3) is 5.91 Å². The molecule has 138 valence electrons. The van der Waals surface area contributed by atoms with Crippen LogP contribution in [0.3, 0.4) is 0 Å². The second kappa shape index (κ2) is 8.51. The summed E-state index contributed by atoms with van der Waals surface area (Å²) >= 11 is 0. The summed E-state index contributed by atoms with van der Waals surface area (Å²) in [4.78, 5) is 23.0. The Labute approximate surface area is 152 Å². The van der Waals surface area contributed by atoms with E-state index in [1.165, 1.54) is 12.8 Å². The van der Waals surface area contributed by atoms with E-state index in [1.807, 2.05) is 4.68 Å². The summed E-state index contributed by atoms with van der Waals surface area (Å²) in [5.41, 5.74) is 1.25. The first-order valence-electron chi connectivity index (χ1n) is 8.93. The topological polar surface area (TPSA) is 93.4 Å². The maximum atomic E-state index is 12.6. The van der Waals surface area contributed by atoms with Crippen molar-refractivity contribution in [3.8, 4) is 5.75 Å². The molecule has 0 spiro atoms. The highest BCUT2D eigenvalue weighted by Gasteiger charge is 2.22. The van der Waals surface area contributed by atoms with E-state index in [0.29, 0.717) is 36.2 Å². The molecular weight excluding hydrogens is 334 g/mol. The van der Waals surface area contributed by atoms with Gasteiger partial charge in [0.1, 0.15) is 11.4 Å². The number of nitrogens with zero attached hydrogens (tertiary/aromatic N) is 2. The lowest BCUT2D eigenvalue weighted by atomic mass is 10.2. The second-order valence-electron chi connectivity index (χ2n) is 6.42. The summed E-state index contributed by atoms with van der Waals surface area (Å²) in [6.45, 7) is 0.346. The van der Waals surface area contributed by atoms with E-state index in [0.717, 1.165) is 12.8 Å². The molecule has 0 unspecified atom stereocenters. The maximum Gasteiger partial charge on any atom is 0.303 e. The SMILES string of the molecule is O=C(O)CCCOc1ccc(NC(=O)c2ccnn2C2CCCC2)cc1. The zero-order valence-corrected chi connectivity index (χ0v) is 14.6. The molecule has 1 aromatic heterocycles. The Hall–Kier alpha value is -2.83. The van der Waals surface area contributed by atoms with Crippen LogP contribution in [-0.4, -0.2) is 33.4 Å². The standard InChI is InChI=1S/C19H23N3O4/c23-18(24)6-3-13-26-16-9-7-14(8-10-16)21-19(25)17-11-12-20-22(17)15-4-1-2-5-15/h7-12,15H,1-6,13H2,(H,21,25)(H,23,24). The van der Waals surface area contributed by atoms with Crippen LogP contribution in [0, 0.1) is 0 Å². The summed E-state index contributed by atoms with van der Waals surface area (Å²) in [5, 5.41) is 15.8.